The summed E-state index contributed by atoms with van der Waals surface area (Å²) in [7, 11) is 1.60. The Bertz CT molecular complexity index is 717. The van der Waals surface area contributed by atoms with Gasteiger partial charge >= 0.3 is 0 Å². The fourth-order valence-electron chi connectivity index (χ4n) is 1.83. The van der Waals surface area contributed by atoms with Crippen molar-refractivity contribution in [2.24, 2.45) is 5.10 Å². The first-order chi connectivity index (χ1) is 11.1. The van der Waals surface area contributed by atoms with E-state index in [1.54, 1.807) is 19.4 Å². The number of carbonyl (C=O) groups excluding carboxylic acids is 1. The normalized spacial score (nSPS) is 10.6. The molecule has 120 valence electrons. The van der Waals surface area contributed by atoms with Crippen molar-refractivity contribution in [1.29, 1.82) is 0 Å². The third-order valence-electron chi connectivity index (χ3n) is 2.94. The molecule has 5 nitrogen and oxygen atoms in total. The Labute approximate surface area is 143 Å². The lowest BCUT2D eigenvalue weighted by molar-refractivity contribution is -0.123. The number of nitrogens with zero attached hydrogens (tertiary/aromatic N) is 1. The van der Waals surface area contributed by atoms with E-state index in [4.69, 9.17) is 9.47 Å². The zero-order chi connectivity index (χ0) is 16.7. The van der Waals surface area contributed by atoms with E-state index in [1.807, 2.05) is 43.3 Å². The Hall–Kier alpha value is -2.34. The lowest BCUT2D eigenvalue weighted by Gasteiger charge is -2.05. The van der Waals surface area contributed by atoms with Crippen molar-refractivity contribution in [3.8, 4) is 11.5 Å². The molecule has 0 atom stereocenters. The summed E-state index contributed by atoms with van der Waals surface area (Å²) in [5.74, 6) is 1.07. The van der Waals surface area contributed by atoms with Gasteiger partial charge in [0.15, 0.2) is 6.61 Å². The lowest BCUT2D eigenvalue weighted by Crippen LogP contribution is -2.24. The average molecular weight is 377 g/mol. The first kappa shape index (κ1) is 17.0. The predicted octanol–water partition coefficient (Wildman–Crippen LogP) is 3.30. The van der Waals surface area contributed by atoms with Crippen LogP contribution in [0.5, 0.6) is 11.5 Å². The molecule has 0 spiro atoms. The van der Waals surface area contributed by atoms with Gasteiger partial charge in [-0.05, 0) is 64.3 Å². The van der Waals surface area contributed by atoms with Gasteiger partial charge in [0.2, 0.25) is 0 Å². The molecular weight excluding hydrogens is 360 g/mol. The molecule has 2 aromatic rings. The summed E-state index contributed by atoms with van der Waals surface area (Å²) in [6.45, 7) is 1.87. The number of ether oxygens (including phenoxy) is 2. The molecular formula is C17H17BrN2O3. The number of nitrogens with one attached hydrogen (secondary N) is 1. The molecule has 0 unspecified atom stereocenters. The van der Waals surface area contributed by atoms with Crippen LogP contribution in [-0.4, -0.2) is 25.8 Å². The number of methoxy groups -OCH3 is 1. The fourth-order valence-corrected chi connectivity index (χ4v) is 2.39. The van der Waals surface area contributed by atoms with E-state index in [0.29, 0.717) is 5.75 Å². The summed E-state index contributed by atoms with van der Waals surface area (Å²) in [6.07, 6.45) is 1.55. The van der Waals surface area contributed by atoms with Gasteiger partial charge in [0.25, 0.3) is 5.91 Å². The Morgan fingerprint density at radius 2 is 2.13 bits per heavy atom. The van der Waals surface area contributed by atoms with E-state index in [-0.39, 0.29) is 12.5 Å². The molecule has 2 rings (SSSR count). The van der Waals surface area contributed by atoms with Crippen molar-refractivity contribution in [2.75, 3.05) is 13.7 Å². The number of halogens is 1. The highest BCUT2D eigenvalue weighted by atomic mass is 79.9. The predicted molar refractivity (Wildman–Crippen MR) is 93.1 cm³/mol. The van der Waals surface area contributed by atoms with Gasteiger partial charge in [0.05, 0.1) is 17.8 Å². The Morgan fingerprint density at radius 3 is 2.83 bits per heavy atom. The van der Waals surface area contributed by atoms with Crippen molar-refractivity contribution in [3.63, 3.8) is 0 Å². The smallest absolute Gasteiger partial charge is 0.277 e. The number of hydrogen-bond acceptors (Lipinski definition) is 4. The Morgan fingerprint density at radius 1 is 1.30 bits per heavy atom. The summed E-state index contributed by atoms with van der Waals surface area (Å²) >= 11 is 3.39. The van der Waals surface area contributed by atoms with E-state index in [9.17, 15) is 4.79 Å². The number of amides is 1. The van der Waals surface area contributed by atoms with Crippen LogP contribution in [0.4, 0.5) is 0 Å². The van der Waals surface area contributed by atoms with Crippen molar-refractivity contribution >= 4 is 28.1 Å². The maximum Gasteiger partial charge on any atom is 0.277 e. The number of hydrogen-bond donors (Lipinski definition) is 1. The van der Waals surface area contributed by atoms with E-state index >= 15 is 0 Å². The van der Waals surface area contributed by atoms with Crippen LogP contribution >= 0.6 is 15.9 Å². The standard InChI is InChI=1S/C17H17BrN2O3/c1-12-4-3-5-14(8-12)23-11-17(21)20-19-10-13-6-7-16(22-2)15(18)9-13/h3-10H,11H2,1-2H3,(H,20,21)/b19-10-. The number of hydrazone groups is 1. The molecule has 0 heterocycles. The lowest BCUT2D eigenvalue weighted by atomic mass is 10.2. The van der Waals surface area contributed by atoms with Crippen LogP contribution in [0.15, 0.2) is 52.0 Å². The van der Waals surface area contributed by atoms with Crippen LogP contribution in [0, 0.1) is 6.92 Å². The van der Waals surface area contributed by atoms with Crippen LogP contribution < -0.4 is 14.9 Å². The third kappa shape index (κ3) is 5.41. The monoisotopic (exact) mass is 376 g/mol. The van der Waals surface area contributed by atoms with E-state index in [2.05, 4.69) is 26.5 Å². The highest BCUT2D eigenvalue weighted by Gasteiger charge is 2.02. The highest BCUT2D eigenvalue weighted by molar-refractivity contribution is 9.10. The molecule has 23 heavy (non-hydrogen) atoms. The van der Waals surface area contributed by atoms with Gasteiger partial charge in [0, 0.05) is 0 Å². The van der Waals surface area contributed by atoms with E-state index < -0.39 is 0 Å². The van der Waals surface area contributed by atoms with Gasteiger partial charge in [-0.25, -0.2) is 5.43 Å². The molecule has 6 heteroatoms. The molecule has 0 saturated carbocycles. The van der Waals surface area contributed by atoms with Crippen molar-refractivity contribution in [1.82, 2.24) is 5.43 Å². The van der Waals surface area contributed by atoms with Gasteiger partial charge in [0.1, 0.15) is 11.5 Å². The van der Waals surface area contributed by atoms with Crippen LogP contribution in [0.1, 0.15) is 11.1 Å². The minimum Gasteiger partial charge on any atom is -0.496 e. The summed E-state index contributed by atoms with van der Waals surface area (Å²) in [5.41, 5.74) is 4.33. The van der Waals surface area contributed by atoms with Crippen LogP contribution in [0.2, 0.25) is 0 Å². The number of benzene rings is 2. The van der Waals surface area contributed by atoms with Gasteiger partial charge in [-0.2, -0.15) is 5.10 Å². The van der Waals surface area contributed by atoms with Crippen molar-refractivity contribution in [2.45, 2.75) is 6.92 Å². The van der Waals surface area contributed by atoms with Gasteiger partial charge in [-0.3, -0.25) is 4.79 Å². The number of carbonyl (C=O) groups is 1. The maximum absolute atomic E-state index is 11.7. The van der Waals surface area contributed by atoms with Gasteiger partial charge in [-0.15, -0.1) is 0 Å². The minimum atomic E-state index is -0.324. The molecule has 1 amide bonds. The molecule has 1 N–H and O–H groups in total. The molecule has 0 aliphatic carbocycles. The first-order valence-corrected chi connectivity index (χ1v) is 7.72. The second-order valence-electron chi connectivity index (χ2n) is 4.79. The van der Waals surface area contributed by atoms with E-state index in [1.165, 1.54) is 0 Å². The van der Waals surface area contributed by atoms with Crippen molar-refractivity contribution < 1.29 is 14.3 Å². The molecule has 0 bridgehead atoms. The summed E-state index contributed by atoms with van der Waals surface area (Å²) < 4.78 is 11.4. The Kier molecular flexibility index (Phi) is 6.17. The highest BCUT2D eigenvalue weighted by Crippen LogP contribution is 2.24. The summed E-state index contributed by atoms with van der Waals surface area (Å²) in [5, 5.41) is 3.90. The van der Waals surface area contributed by atoms with Gasteiger partial charge in [-0.1, -0.05) is 12.1 Å². The first-order valence-electron chi connectivity index (χ1n) is 6.93. The molecule has 0 aromatic heterocycles. The van der Waals surface area contributed by atoms with Crippen LogP contribution in [0.3, 0.4) is 0 Å². The zero-order valence-electron chi connectivity index (χ0n) is 12.9. The SMILES string of the molecule is COc1ccc(/C=N\NC(=O)COc2cccc(C)c2)cc1Br. The molecule has 0 saturated heterocycles. The zero-order valence-corrected chi connectivity index (χ0v) is 14.5. The molecule has 0 fully saturated rings. The number of rotatable bonds is 6. The quantitative estimate of drug-likeness (QED) is 0.621. The summed E-state index contributed by atoms with van der Waals surface area (Å²) in [4.78, 5) is 11.7. The molecule has 0 aliphatic rings. The third-order valence-corrected chi connectivity index (χ3v) is 3.56. The minimum absolute atomic E-state index is 0.0902. The molecule has 0 radical (unpaired) electrons. The van der Waals surface area contributed by atoms with Crippen molar-refractivity contribution in [3.05, 3.63) is 58.1 Å². The van der Waals surface area contributed by atoms with Crippen LogP contribution in [-0.2, 0) is 4.79 Å². The molecule has 0 aliphatic heterocycles. The average Bonchev–Trinajstić information content (AvgIpc) is 2.53. The van der Waals surface area contributed by atoms with Crippen LogP contribution in [0.25, 0.3) is 0 Å². The Balaban J connectivity index is 1.83. The molecule has 2 aromatic carbocycles. The second kappa shape index (κ2) is 8.33. The maximum atomic E-state index is 11.7. The largest absolute Gasteiger partial charge is 0.496 e. The second-order valence-corrected chi connectivity index (χ2v) is 5.65. The van der Waals surface area contributed by atoms with E-state index in [0.717, 1.165) is 21.3 Å². The summed E-state index contributed by atoms with van der Waals surface area (Å²) in [6, 6.07) is 13.0. The topological polar surface area (TPSA) is 59.9 Å². The van der Waals surface area contributed by atoms with Gasteiger partial charge < -0.3 is 9.47 Å². The number of aryl methyl sites for hydroxylation is 1. The fraction of sp³-hybridized carbons (Fsp3) is 0.176.